The molecule has 0 bridgehead atoms. The van der Waals surface area contributed by atoms with Crippen molar-refractivity contribution in [3.63, 3.8) is 0 Å². The predicted octanol–water partition coefficient (Wildman–Crippen LogP) is 7.98. The van der Waals surface area contributed by atoms with Crippen LogP contribution in [0.1, 0.15) is 53.8 Å². The fraction of sp³-hybridized carbons (Fsp3) is 0.333. The molecule has 0 amide bonds. The molecular formula is C27H27F2NO2S2. The Morgan fingerprint density at radius 1 is 1.18 bits per heavy atom. The molecule has 3 aromatic rings. The zero-order chi connectivity index (χ0) is 24.3. The van der Waals surface area contributed by atoms with E-state index in [9.17, 15) is 18.7 Å². The van der Waals surface area contributed by atoms with Gasteiger partial charge in [0.05, 0.1) is 11.1 Å². The summed E-state index contributed by atoms with van der Waals surface area (Å²) in [6.45, 7) is 5.37. The number of allylic oxidation sites excluding steroid dienone is 1. The SMILES string of the molecule is C=CCC(F)(F)c1ccc(-c2nc(C)c(CSc3ccc(C4(C(=O)O)CCCC4)cc3)s2)cc1. The maximum atomic E-state index is 14.1. The molecule has 0 spiro atoms. The molecule has 1 saturated carbocycles. The number of hydrogen-bond donors (Lipinski definition) is 1. The van der Waals surface area contributed by atoms with E-state index in [0.29, 0.717) is 12.8 Å². The van der Waals surface area contributed by atoms with Crippen molar-refractivity contribution in [2.75, 3.05) is 0 Å². The summed E-state index contributed by atoms with van der Waals surface area (Å²) in [4.78, 5) is 18.8. The van der Waals surface area contributed by atoms with E-state index in [4.69, 9.17) is 0 Å². The highest BCUT2D eigenvalue weighted by Crippen LogP contribution is 2.42. The van der Waals surface area contributed by atoms with Gasteiger partial charge in [-0.25, -0.2) is 13.8 Å². The second-order valence-corrected chi connectivity index (χ2v) is 10.8. The van der Waals surface area contributed by atoms with Crippen LogP contribution >= 0.6 is 23.1 Å². The Labute approximate surface area is 206 Å². The lowest BCUT2D eigenvalue weighted by Crippen LogP contribution is -2.32. The molecule has 2 aromatic carbocycles. The Kier molecular flexibility index (Phi) is 7.24. The van der Waals surface area contributed by atoms with Crippen LogP contribution in [0.25, 0.3) is 10.6 Å². The smallest absolute Gasteiger partial charge is 0.314 e. The van der Waals surface area contributed by atoms with Gasteiger partial charge in [-0.15, -0.1) is 29.7 Å². The minimum atomic E-state index is -2.92. The molecule has 7 heteroatoms. The molecule has 1 aromatic heterocycles. The Morgan fingerprint density at radius 2 is 1.82 bits per heavy atom. The second-order valence-electron chi connectivity index (χ2n) is 8.71. The highest BCUT2D eigenvalue weighted by Gasteiger charge is 2.42. The molecule has 0 unspecified atom stereocenters. The lowest BCUT2D eigenvalue weighted by Gasteiger charge is -2.24. The number of thiazole rings is 1. The lowest BCUT2D eigenvalue weighted by atomic mass is 9.79. The molecule has 1 aliphatic carbocycles. The third kappa shape index (κ3) is 4.96. The van der Waals surface area contributed by atoms with Crippen molar-refractivity contribution in [2.45, 2.75) is 61.0 Å². The molecule has 1 aliphatic rings. The molecule has 0 saturated heterocycles. The number of halogens is 2. The zero-order valence-corrected chi connectivity index (χ0v) is 20.7. The van der Waals surface area contributed by atoms with Gasteiger partial charge in [-0.2, -0.15) is 0 Å². The molecule has 0 aliphatic heterocycles. The van der Waals surface area contributed by atoms with Crippen molar-refractivity contribution < 1.29 is 18.7 Å². The second kappa shape index (κ2) is 10.0. The van der Waals surface area contributed by atoms with Crippen LogP contribution in [0.2, 0.25) is 0 Å². The maximum absolute atomic E-state index is 14.1. The predicted molar refractivity (Wildman–Crippen MR) is 135 cm³/mol. The number of aryl methyl sites for hydroxylation is 1. The number of benzene rings is 2. The van der Waals surface area contributed by atoms with Crippen molar-refractivity contribution in [3.8, 4) is 10.6 Å². The van der Waals surface area contributed by atoms with Crippen LogP contribution in [-0.4, -0.2) is 16.1 Å². The first-order valence-corrected chi connectivity index (χ1v) is 13.1. The van der Waals surface area contributed by atoms with Crippen LogP contribution in [-0.2, 0) is 21.9 Å². The molecule has 0 atom stereocenters. The van der Waals surface area contributed by atoms with Crippen molar-refractivity contribution in [3.05, 3.63) is 82.9 Å². The van der Waals surface area contributed by atoms with Crippen molar-refractivity contribution in [1.29, 1.82) is 0 Å². The number of carboxylic acids is 1. The summed E-state index contributed by atoms with van der Waals surface area (Å²) in [5, 5.41) is 10.6. The minimum absolute atomic E-state index is 0.0223. The Morgan fingerprint density at radius 3 is 2.41 bits per heavy atom. The summed E-state index contributed by atoms with van der Waals surface area (Å²) in [5.74, 6) is -2.91. The largest absolute Gasteiger partial charge is 0.481 e. The molecule has 0 radical (unpaired) electrons. The summed E-state index contributed by atoms with van der Waals surface area (Å²) < 4.78 is 28.2. The van der Waals surface area contributed by atoms with Gasteiger partial charge in [0, 0.05) is 33.1 Å². The van der Waals surface area contributed by atoms with E-state index in [1.54, 1.807) is 35.2 Å². The molecule has 1 heterocycles. The van der Waals surface area contributed by atoms with E-state index in [1.165, 1.54) is 18.2 Å². The topological polar surface area (TPSA) is 50.2 Å². The van der Waals surface area contributed by atoms with Gasteiger partial charge in [-0.1, -0.05) is 55.3 Å². The molecule has 1 fully saturated rings. The fourth-order valence-electron chi connectivity index (χ4n) is 4.46. The Balaban J connectivity index is 1.44. The quantitative estimate of drug-likeness (QED) is 0.240. The number of alkyl halides is 2. The number of carbonyl (C=O) groups is 1. The molecule has 178 valence electrons. The van der Waals surface area contributed by atoms with Crippen LogP contribution in [0.4, 0.5) is 8.78 Å². The van der Waals surface area contributed by atoms with Crippen molar-refractivity contribution >= 4 is 29.1 Å². The van der Waals surface area contributed by atoms with Crippen LogP contribution < -0.4 is 0 Å². The van der Waals surface area contributed by atoms with Gasteiger partial charge >= 0.3 is 5.97 Å². The normalized spacial score (nSPS) is 15.4. The van der Waals surface area contributed by atoms with Gasteiger partial charge < -0.3 is 5.11 Å². The van der Waals surface area contributed by atoms with E-state index >= 15 is 0 Å². The molecule has 4 rings (SSSR count). The van der Waals surface area contributed by atoms with E-state index in [-0.39, 0.29) is 12.0 Å². The first kappa shape index (κ1) is 24.6. The van der Waals surface area contributed by atoms with Gasteiger partial charge in [-0.05, 0) is 37.5 Å². The summed E-state index contributed by atoms with van der Waals surface area (Å²) >= 11 is 3.25. The molecule has 1 N–H and O–H groups in total. The van der Waals surface area contributed by atoms with Gasteiger partial charge in [0.2, 0.25) is 0 Å². The van der Waals surface area contributed by atoms with Gasteiger partial charge in [-0.3, -0.25) is 4.79 Å². The summed E-state index contributed by atoms with van der Waals surface area (Å²) in [6, 6.07) is 14.2. The molecular weight excluding hydrogens is 472 g/mol. The minimum Gasteiger partial charge on any atom is -0.481 e. The summed E-state index contributed by atoms with van der Waals surface area (Å²) in [5.41, 5.74) is 1.88. The lowest BCUT2D eigenvalue weighted by molar-refractivity contribution is -0.143. The number of thioether (sulfide) groups is 1. The summed E-state index contributed by atoms with van der Waals surface area (Å²) in [7, 11) is 0. The van der Waals surface area contributed by atoms with Crippen LogP contribution in [0.3, 0.4) is 0 Å². The Hall–Kier alpha value is -2.51. The van der Waals surface area contributed by atoms with E-state index < -0.39 is 17.3 Å². The number of rotatable bonds is 9. The number of aliphatic carboxylic acids is 1. The first-order chi connectivity index (χ1) is 16.2. The number of carboxylic acid groups (broad SMARTS) is 1. The highest BCUT2D eigenvalue weighted by atomic mass is 32.2. The van der Waals surface area contributed by atoms with Gasteiger partial charge in [0.25, 0.3) is 5.92 Å². The average Bonchev–Trinajstić information content (AvgIpc) is 3.46. The number of aromatic nitrogens is 1. The summed E-state index contributed by atoms with van der Waals surface area (Å²) in [6.07, 6.45) is 4.15. The molecule has 3 nitrogen and oxygen atoms in total. The third-order valence-corrected chi connectivity index (χ3v) is 8.92. The number of nitrogens with zero attached hydrogens (tertiary/aromatic N) is 1. The van der Waals surface area contributed by atoms with Crippen LogP contribution in [0.5, 0.6) is 0 Å². The zero-order valence-electron chi connectivity index (χ0n) is 19.0. The van der Waals surface area contributed by atoms with E-state index in [2.05, 4.69) is 11.6 Å². The van der Waals surface area contributed by atoms with Gasteiger partial charge in [0.15, 0.2) is 0 Å². The van der Waals surface area contributed by atoms with Crippen LogP contribution in [0.15, 0.2) is 66.1 Å². The van der Waals surface area contributed by atoms with Crippen LogP contribution in [0, 0.1) is 6.92 Å². The van der Waals surface area contributed by atoms with Crippen molar-refractivity contribution in [2.24, 2.45) is 0 Å². The monoisotopic (exact) mass is 499 g/mol. The third-order valence-electron chi connectivity index (χ3n) is 6.49. The van der Waals surface area contributed by atoms with Crippen molar-refractivity contribution in [1.82, 2.24) is 4.98 Å². The highest BCUT2D eigenvalue weighted by molar-refractivity contribution is 7.98. The van der Waals surface area contributed by atoms with Gasteiger partial charge in [0.1, 0.15) is 5.01 Å². The number of hydrogen-bond acceptors (Lipinski definition) is 4. The Bertz CT molecular complexity index is 1160. The van der Waals surface area contributed by atoms with E-state index in [0.717, 1.165) is 50.2 Å². The maximum Gasteiger partial charge on any atom is 0.314 e. The van der Waals surface area contributed by atoms with E-state index in [1.807, 2.05) is 31.2 Å². The molecule has 34 heavy (non-hydrogen) atoms. The average molecular weight is 500 g/mol. The fourth-order valence-corrected chi connectivity index (χ4v) is 6.58. The first-order valence-electron chi connectivity index (χ1n) is 11.3. The standard InChI is InChI=1S/C27H27F2NO2S2/c1-3-14-27(28,29)21-8-6-19(7-9-21)24-30-18(2)23(34-24)17-33-22-12-10-20(11-13-22)26(25(31)32)15-4-5-16-26/h3,6-13H,1,4-5,14-17H2,2H3,(H,31,32).